The highest BCUT2D eigenvalue weighted by atomic mass is 16.7. The van der Waals surface area contributed by atoms with Crippen LogP contribution in [0.15, 0.2) is 30.3 Å². The van der Waals surface area contributed by atoms with Crippen LogP contribution >= 0.6 is 0 Å². The van der Waals surface area contributed by atoms with Crippen LogP contribution in [-0.4, -0.2) is 35.4 Å². The smallest absolute Gasteiger partial charge is 0.408 e. The normalized spacial score (nSPS) is 12.4. The minimum absolute atomic E-state index is 0.178. The van der Waals surface area contributed by atoms with Crippen LogP contribution in [0.3, 0.4) is 0 Å². The average Bonchev–Trinajstić information content (AvgIpc) is 2.44. The van der Waals surface area contributed by atoms with Crippen molar-refractivity contribution in [3.63, 3.8) is 0 Å². The van der Waals surface area contributed by atoms with Crippen LogP contribution in [0, 0.1) is 0 Å². The van der Waals surface area contributed by atoms with E-state index in [0.717, 1.165) is 5.56 Å². The summed E-state index contributed by atoms with van der Waals surface area (Å²) in [6, 6.07) is 8.10. The highest BCUT2D eigenvalue weighted by Crippen LogP contribution is 2.06. The number of alkyl carbamates (subject to hydrolysis) is 1. The van der Waals surface area contributed by atoms with Crippen LogP contribution < -0.4 is 10.8 Å². The second-order valence-electron chi connectivity index (χ2n) is 5.62. The molecule has 0 heterocycles. The Hall–Kier alpha value is -2.12. The van der Waals surface area contributed by atoms with Gasteiger partial charge < -0.3 is 15.2 Å². The number of hydroxylamine groups is 1. The number of amides is 2. The lowest BCUT2D eigenvalue weighted by atomic mass is 10.2. The maximum Gasteiger partial charge on any atom is 0.408 e. The van der Waals surface area contributed by atoms with Crippen molar-refractivity contribution in [2.45, 2.75) is 39.0 Å². The van der Waals surface area contributed by atoms with Crippen molar-refractivity contribution in [3.05, 3.63) is 35.9 Å². The predicted octanol–water partition coefficient (Wildman–Crippen LogP) is 1.12. The van der Waals surface area contributed by atoms with E-state index < -0.39 is 30.3 Å². The Bertz CT molecular complexity index is 484. The third-order valence-corrected chi connectivity index (χ3v) is 2.44. The summed E-state index contributed by atoms with van der Waals surface area (Å²) in [5, 5.41) is 11.4. The van der Waals surface area contributed by atoms with Crippen molar-refractivity contribution in [3.8, 4) is 0 Å². The molecule has 22 heavy (non-hydrogen) atoms. The van der Waals surface area contributed by atoms with E-state index in [-0.39, 0.29) is 6.61 Å². The topological polar surface area (TPSA) is 96.9 Å². The number of benzene rings is 1. The zero-order valence-electron chi connectivity index (χ0n) is 13.0. The SMILES string of the molecule is CC(C)(C)OC(=O)N[C@@H](CO)C(=O)NOCc1ccccc1. The summed E-state index contributed by atoms with van der Waals surface area (Å²) in [7, 11) is 0. The number of carbonyl (C=O) groups is 2. The molecule has 0 unspecified atom stereocenters. The second kappa shape index (κ2) is 8.35. The zero-order chi connectivity index (χ0) is 16.6. The fourth-order valence-corrected chi connectivity index (χ4v) is 1.48. The number of aliphatic hydroxyl groups excluding tert-OH is 1. The highest BCUT2D eigenvalue weighted by molar-refractivity contribution is 5.85. The third-order valence-electron chi connectivity index (χ3n) is 2.44. The van der Waals surface area contributed by atoms with Crippen molar-refractivity contribution in [2.24, 2.45) is 0 Å². The van der Waals surface area contributed by atoms with Crippen LogP contribution in [0.25, 0.3) is 0 Å². The molecule has 2 amide bonds. The van der Waals surface area contributed by atoms with E-state index in [2.05, 4.69) is 10.8 Å². The lowest BCUT2D eigenvalue weighted by molar-refractivity contribution is -0.137. The number of hydrogen-bond acceptors (Lipinski definition) is 5. The second-order valence-corrected chi connectivity index (χ2v) is 5.62. The van der Waals surface area contributed by atoms with Gasteiger partial charge in [0.15, 0.2) is 0 Å². The minimum Gasteiger partial charge on any atom is -0.444 e. The van der Waals surface area contributed by atoms with E-state index >= 15 is 0 Å². The van der Waals surface area contributed by atoms with Gasteiger partial charge in [-0.15, -0.1) is 0 Å². The van der Waals surface area contributed by atoms with E-state index in [1.165, 1.54) is 0 Å². The summed E-state index contributed by atoms with van der Waals surface area (Å²) < 4.78 is 5.01. The van der Waals surface area contributed by atoms with Crippen LogP contribution in [0.1, 0.15) is 26.3 Å². The molecule has 0 fully saturated rings. The summed E-state index contributed by atoms with van der Waals surface area (Å²) >= 11 is 0. The Morgan fingerprint density at radius 1 is 1.23 bits per heavy atom. The fraction of sp³-hybridized carbons (Fsp3) is 0.467. The first kappa shape index (κ1) is 17.9. The Kier molecular flexibility index (Phi) is 6.81. The number of ether oxygens (including phenoxy) is 1. The van der Waals surface area contributed by atoms with Gasteiger partial charge in [0.05, 0.1) is 13.2 Å². The van der Waals surface area contributed by atoms with Gasteiger partial charge in [0.2, 0.25) is 0 Å². The number of aliphatic hydroxyl groups is 1. The molecule has 0 bridgehead atoms. The summed E-state index contributed by atoms with van der Waals surface area (Å²) in [5.41, 5.74) is 2.37. The maximum atomic E-state index is 11.8. The molecule has 0 saturated carbocycles. The minimum atomic E-state index is -1.15. The Morgan fingerprint density at radius 3 is 2.41 bits per heavy atom. The van der Waals surface area contributed by atoms with E-state index in [9.17, 15) is 14.7 Å². The van der Waals surface area contributed by atoms with E-state index in [1.807, 2.05) is 30.3 Å². The molecule has 122 valence electrons. The summed E-state index contributed by atoms with van der Waals surface area (Å²) in [6.07, 6.45) is -0.787. The highest BCUT2D eigenvalue weighted by Gasteiger charge is 2.23. The van der Waals surface area contributed by atoms with Gasteiger partial charge in [-0.2, -0.15) is 0 Å². The first-order valence-electron chi connectivity index (χ1n) is 6.88. The molecule has 0 aliphatic carbocycles. The number of rotatable bonds is 6. The molecule has 1 aromatic rings. The van der Waals surface area contributed by atoms with Crippen molar-refractivity contribution in [2.75, 3.05) is 6.61 Å². The molecule has 7 heteroatoms. The van der Waals surface area contributed by atoms with Crippen molar-refractivity contribution < 1.29 is 24.3 Å². The first-order chi connectivity index (χ1) is 10.3. The van der Waals surface area contributed by atoms with Gasteiger partial charge in [0.25, 0.3) is 5.91 Å². The molecule has 0 aromatic heterocycles. The average molecular weight is 310 g/mol. The molecule has 0 spiro atoms. The van der Waals surface area contributed by atoms with Crippen LogP contribution in [-0.2, 0) is 21.0 Å². The molecule has 0 radical (unpaired) electrons. The summed E-state index contributed by atoms with van der Waals surface area (Å²) in [6.45, 7) is 4.70. The number of nitrogens with one attached hydrogen (secondary N) is 2. The van der Waals surface area contributed by atoms with Gasteiger partial charge in [-0.25, -0.2) is 10.3 Å². The molecule has 1 rings (SSSR count). The molecular formula is C15H22N2O5. The molecule has 1 atom stereocenters. The quantitative estimate of drug-likeness (QED) is 0.684. The molecule has 7 nitrogen and oxygen atoms in total. The first-order valence-corrected chi connectivity index (χ1v) is 6.88. The Morgan fingerprint density at radius 2 is 1.86 bits per heavy atom. The van der Waals surface area contributed by atoms with Gasteiger partial charge in [-0.1, -0.05) is 30.3 Å². The largest absolute Gasteiger partial charge is 0.444 e. The zero-order valence-corrected chi connectivity index (χ0v) is 13.0. The lowest BCUT2D eigenvalue weighted by Gasteiger charge is -2.22. The maximum absolute atomic E-state index is 11.8. The molecular weight excluding hydrogens is 288 g/mol. The van der Waals surface area contributed by atoms with Gasteiger partial charge in [0, 0.05) is 0 Å². The van der Waals surface area contributed by atoms with Gasteiger partial charge in [0.1, 0.15) is 11.6 Å². The molecule has 0 aliphatic heterocycles. The van der Waals surface area contributed by atoms with Crippen molar-refractivity contribution >= 4 is 12.0 Å². The van der Waals surface area contributed by atoms with E-state index in [4.69, 9.17) is 9.57 Å². The van der Waals surface area contributed by atoms with Crippen LogP contribution in [0.5, 0.6) is 0 Å². The Balaban J connectivity index is 2.39. The predicted molar refractivity (Wildman–Crippen MR) is 79.6 cm³/mol. The van der Waals surface area contributed by atoms with Crippen molar-refractivity contribution in [1.82, 2.24) is 10.8 Å². The van der Waals surface area contributed by atoms with Gasteiger partial charge in [-0.3, -0.25) is 9.63 Å². The van der Waals surface area contributed by atoms with E-state index in [1.54, 1.807) is 20.8 Å². The molecule has 3 N–H and O–H groups in total. The standard InChI is InChI=1S/C15H22N2O5/c1-15(2,3)22-14(20)16-12(9-18)13(19)17-21-10-11-7-5-4-6-8-11/h4-8,12,18H,9-10H2,1-3H3,(H,16,20)(H,17,19)/t12-/m0/s1. The molecule has 0 saturated heterocycles. The summed E-state index contributed by atoms with van der Waals surface area (Å²) in [4.78, 5) is 28.4. The van der Waals surface area contributed by atoms with Gasteiger partial charge in [-0.05, 0) is 26.3 Å². The van der Waals surface area contributed by atoms with Crippen molar-refractivity contribution in [1.29, 1.82) is 0 Å². The fourth-order valence-electron chi connectivity index (χ4n) is 1.48. The third kappa shape index (κ3) is 7.05. The lowest BCUT2D eigenvalue weighted by Crippen LogP contribution is -2.50. The van der Waals surface area contributed by atoms with Crippen LogP contribution in [0.2, 0.25) is 0 Å². The summed E-state index contributed by atoms with van der Waals surface area (Å²) in [5.74, 6) is -0.663. The monoisotopic (exact) mass is 310 g/mol. The van der Waals surface area contributed by atoms with E-state index in [0.29, 0.717) is 0 Å². The van der Waals surface area contributed by atoms with Crippen LogP contribution in [0.4, 0.5) is 4.79 Å². The number of hydrogen-bond donors (Lipinski definition) is 3. The van der Waals surface area contributed by atoms with Gasteiger partial charge >= 0.3 is 6.09 Å². The number of carbonyl (C=O) groups excluding carboxylic acids is 2. The molecule has 0 aliphatic rings. The Labute approximate surface area is 129 Å². The molecule has 1 aromatic carbocycles.